The topological polar surface area (TPSA) is 50.5 Å². The monoisotopic (exact) mass is 283 g/mol. The highest BCUT2D eigenvalue weighted by molar-refractivity contribution is 5.31. The van der Waals surface area contributed by atoms with E-state index in [2.05, 4.69) is 24.2 Å². The van der Waals surface area contributed by atoms with Gasteiger partial charge in [-0.2, -0.15) is 0 Å². The lowest BCUT2D eigenvalue weighted by Gasteiger charge is -2.22. The second-order valence-corrected chi connectivity index (χ2v) is 4.82. The van der Waals surface area contributed by atoms with Crippen molar-refractivity contribution in [2.75, 3.05) is 26.7 Å². The molecule has 0 fully saturated rings. The molecule has 0 saturated heterocycles. The molecule has 0 aliphatic carbocycles. The maximum atomic E-state index is 14.1. The van der Waals surface area contributed by atoms with Gasteiger partial charge in [0.05, 0.1) is 7.11 Å². The SMILES string of the molecule is CCN(CC)CCC(Cc1cccc(OC)c1F)NN. The number of nitrogens with zero attached hydrogens (tertiary/aromatic N) is 1. The summed E-state index contributed by atoms with van der Waals surface area (Å²) in [4.78, 5) is 2.33. The zero-order valence-corrected chi connectivity index (χ0v) is 12.7. The van der Waals surface area contributed by atoms with Crippen molar-refractivity contribution >= 4 is 0 Å². The van der Waals surface area contributed by atoms with E-state index >= 15 is 0 Å². The van der Waals surface area contributed by atoms with Crippen molar-refractivity contribution in [2.45, 2.75) is 32.7 Å². The van der Waals surface area contributed by atoms with Crippen LogP contribution in [0.15, 0.2) is 18.2 Å². The molecule has 0 bridgehead atoms. The third kappa shape index (κ3) is 4.74. The van der Waals surface area contributed by atoms with Gasteiger partial charge >= 0.3 is 0 Å². The average molecular weight is 283 g/mol. The van der Waals surface area contributed by atoms with E-state index in [-0.39, 0.29) is 17.6 Å². The van der Waals surface area contributed by atoms with Gasteiger partial charge < -0.3 is 9.64 Å². The van der Waals surface area contributed by atoms with Gasteiger partial charge in [-0.05, 0) is 44.1 Å². The third-order valence-electron chi connectivity index (χ3n) is 3.65. The van der Waals surface area contributed by atoms with Gasteiger partial charge in [0, 0.05) is 6.04 Å². The number of halogens is 1. The number of hydrogen-bond acceptors (Lipinski definition) is 4. The maximum absolute atomic E-state index is 14.1. The molecule has 114 valence electrons. The van der Waals surface area contributed by atoms with Gasteiger partial charge in [0.15, 0.2) is 11.6 Å². The predicted octanol–water partition coefficient (Wildman–Crippen LogP) is 1.94. The van der Waals surface area contributed by atoms with Gasteiger partial charge in [-0.25, -0.2) is 4.39 Å². The average Bonchev–Trinajstić information content (AvgIpc) is 2.48. The van der Waals surface area contributed by atoms with E-state index in [1.54, 1.807) is 18.2 Å². The zero-order chi connectivity index (χ0) is 15.0. The Balaban J connectivity index is 2.64. The second kappa shape index (κ2) is 8.89. The molecular weight excluding hydrogens is 257 g/mol. The Morgan fingerprint density at radius 1 is 1.35 bits per heavy atom. The van der Waals surface area contributed by atoms with Gasteiger partial charge in [0.2, 0.25) is 0 Å². The maximum Gasteiger partial charge on any atom is 0.168 e. The first-order chi connectivity index (χ1) is 9.65. The van der Waals surface area contributed by atoms with Gasteiger partial charge in [-0.1, -0.05) is 26.0 Å². The fraction of sp³-hybridized carbons (Fsp3) is 0.600. The molecule has 0 aromatic heterocycles. The van der Waals surface area contributed by atoms with Crippen LogP contribution in [0.3, 0.4) is 0 Å². The van der Waals surface area contributed by atoms with Crippen LogP contribution in [0.5, 0.6) is 5.75 Å². The Hall–Kier alpha value is -1.17. The number of hydrazine groups is 1. The molecule has 1 atom stereocenters. The van der Waals surface area contributed by atoms with Crippen molar-refractivity contribution < 1.29 is 9.13 Å². The molecule has 1 rings (SSSR count). The quantitative estimate of drug-likeness (QED) is 0.537. The summed E-state index contributed by atoms with van der Waals surface area (Å²) in [7, 11) is 1.47. The summed E-state index contributed by atoms with van der Waals surface area (Å²) in [6, 6.07) is 5.26. The highest BCUT2D eigenvalue weighted by Crippen LogP contribution is 2.21. The summed E-state index contributed by atoms with van der Waals surface area (Å²) in [5.41, 5.74) is 3.42. The van der Waals surface area contributed by atoms with E-state index < -0.39 is 0 Å². The second-order valence-electron chi connectivity index (χ2n) is 4.82. The number of hydrogen-bond donors (Lipinski definition) is 2. The van der Waals surface area contributed by atoms with E-state index in [4.69, 9.17) is 10.6 Å². The van der Waals surface area contributed by atoms with Crippen molar-refractivity contribution in [3.63, 3.8) is 0 Å². The summed E-state index contributed by atoms with van der Waals surface area (Å²) in [6.07, 6.45) is 1.44. The van der Waals surface area contributed by atoms with E-state index in [1.165, 1.54) is 7.11 Å². The molecule has 3 N–H and O–H groups in total. The minimum Gasteiger partial charge on any atom is -0.494 e. The molecule has 20 heavy (non-hydrogen) atoms. The Labute approximate surface area is 121 Å². The largest absolute Gasteiger partial charge is 0.494 e. The van der Waals surface area contributed by atoms with Crippen LogP contribution in [0.4, 0.5) is 4.39 Å². The van der Waals surface area contributed by atoms with E-state index in [9.17, 15) is 4.39 Å². The molecule has 0 amide bonds. The first-order valence-corrected chi connectivity index (χ1v) is 7.16. The normalized spacial score (nSPS) is 12.7. The molecule has 1 aromatic carbocycles. The minimum atomic E-state index is -0.293. The number of rotatable bonds is 9. The summed E-state index contributed by atoms with van der Waals surface area (Å²) >= 11 is 0. The van der Waals surface area contributed by atoms with Gasteiger partial charge in [0.1, 0.15) is 0 Å². The fourth-order valence-electron chi connectivity index (χ4n) is 2.26. The number of ether oxygens (including phenoxy) is 1. The van der Waals surface area contributed by atoms with Crippen LogP contribution in [0.2, 0.25) is 0 Å². The molecule has 0 radical (unpaired) electrons. The lowest BCUT2D eigenvalue weighted by molar-refractivity contribution is 0.280. The third-order valence-corrected chi connectivity index (χ3v) is 3.65. The van der Waals surface area contributed by atoms with Crippen LogP contribution in [-0.4, -0.2) is 37.7 Å². The van der Waals surface area contributed by atoms with Gasteiger partial charge in [0.25, 0.3) is 0 Å². The molecule has 0 saturated carbocycles. The first-order valence-electron chi connectivity index (χ1n) is 7.16. The molecule has 4 nitrogen and oxygen atoms in total. The molecule has 0 aliphatic heterocycles. The lowest BCUT2D eigenvalue weighted by atomic mass is 10.0. The molecule has 1 aromatic rings. The predicted molar refractivity (Wildman–Crippen MR) is 80.2 cm³/mol. The Morgan fingerprint density at radius 2 is 2.05 bits per heavy atom. The standard InChI is InChI=1S/C15H26FN3O/c1-4-19(5-2)10-9-13(18-17)11-12-7-6-8-14(20-3)15(12)16/h6-8,13,18H,4-5,9-11,17H2,1-3H3. The Bertz CT molecular complexity index is 397. The summed E-state index contributed by atoms with van der Waals surface area (Å²) in [5, 5.41) is 0. The molecular formula is C15H26FN3O. The fourth-order valence-corrected chi connectivity index (χ4v) is 2.26. The van der Waals surface area contributed by atoms with Crippen LogP contribution < -0.4 is 16.0 Å². The van der Waals surface area contributed by atoms with Gasteiger partial charge in [-0.3, -0.25) is 11.3 Å². The number of methoxy groups -OCH3 is 1. The molecule has 5 heteroatoms. The summed E-state index contributed by atoms with van der Waals surface area (Å²) < 4.78 is 19.1. The number of nitrogens with two attached hydrogens (primary N) is 1. The van der Waals surface area contributed by atoms with E-state index in [0.717, 1.165) is 26.1 Å². The Kier molecular flexibility index (Phi) is 7.51. The zero-order valence-electron chi connectivity index (χ0n) is 12.7. The van der Waals surface area contributed by atoms with Crippen LogP contribution in [-0.2, 0) is 6.42 Å². The highest BCUT2D eigenvalue weighted by Gasteiger charge is 2.14. The Morgan fingerprint density at radius 3 is 2.60 bits per heavy atom. The molecule has 0 aliphatic rings. The molecule has 0 heterocycles. The van der Waals surface area contributed by atoms with Crippen LogP contribution in [0, 0.1) is 5.82 Å². The van der Waals surface area contributed by atoms with Crippen molar-refractivity contribution in [3.8, 4) is 5.75 Å². The lowest BCUT2D eigenvalue weighted by Crippen LogP contribution is -2.40. The minimum absolute atomic E-state index is 0.0530. The van der Waals surface area contributed by atoms with Crippen LogP contribution in [0.1, 0.15) is 25.8 Å². The van der Waals surface area contributed by atoms with E-state index in [0.29, 0.717) is 12.0 Å². The van der Waals surface area contributed by atoms with Crippen molar-refractivity contribution in [2.24, 2.45) is 5.84 Å². The summed E-state index contributed by atoms with van der Waals surface area (Å²) in [5.74, 6) is 5.57. The van der Waals surface area contributed by atoms with E-state index in [1.807, 2.05) is 0 Å². The highest BCUT2D eigenvalue weighted by atomic mass is 19.1. The van der Waals surface area contributed by atoms with Crippen molar-refractivity contribution in [1.29, 1.82) is 0 Å². The molecule has 0 spiro atoms. The van der Waals surface area contributed by atoms with Gasteiger partial charge in [-0.15, -0.1) is 0 Å². The first kappa shape index (κ1) is 16.9. The smallest absolute Gasteiger partial charge is 0.168 e. The van der Waals surface area contributed by atoms with Crippen LogP contribution in [0.25, 0.3) is 0 Å². The number of nitrogens with one attached hydrogen (secondary N) is 1. The van der Waals surface area contributed by atoms with Crippen LogP contribution >= 0.6 is 0 Å². The summed E-state index contributed by atoms with van der Waals surface area (Å²) in [6.45, 7) is 7.25. The number of benzene rings is 1. The van der Waals surface area contributed by atoms with Crippen molar-refractivity contribution in [3.05, 3.63) is 29.6 Å². The molecule has 1 unspecified atom stereocenters. The van der Waals surface area contributed by atoms with Crippen molar-refractivity contribution in [1.82, 2.24) is 10.3 Å².